The lowest BCUT2D eigenvalue weighted by molar-refractivity contribution is -0.141. The van der Waals surface area contributed by atoms with Crippen LogP contribution in [-0.4, -0.2) is 29.4 Å². The van der Waals surface area contributed by atoms with E-state index in [2.05, 4.69) is 18.7 Å². The maximum atomic E-state index is 12.8. The van der Waals surface area contributed by atoms with E-state index in [9.17, 15) is 4.79 Å². The number of carbonyl (C=O) groups is 1. The summed E-state index contributed by atoms with van der Waals surface area (Å²) in [5, 5.41) is 0. The van der Waals surface area contributed by atoms with E-state index in [4.69, 9.17) is 5.73 Å². The zero-order valence-corrected chi connectivity index (χ0v) is 13.9. The molecule has 0 aromatic heterocycles. The van der Waals surface area contributed by atoms with Crippen molar-refractivity contribution < 1.29 is 4.79 Å². The first-order chi connectivity index (χ1) is 8.99. The van der Waals surface area contributed by atoms with Crippen molar-refractivity contribution in [1.82, 2.24) is 4.90 Å². The monoisotopic (exact) mass is 302 g/mol. The highest BCUT2D eigenvalue weighted by Crippen LogP contribution is 2.36. The van der Waals surface area contributed by atoms with Crippen LogP contribution in [0.5, 0.6) is 0 Å². The van der Waals surface area contributed by atoms with Crippen LogP contribution in [0.3, 0.4) is 0 Å². The fraction of sp³-hybridized carbons (Fsp3) is 0.938. The minimum Gasteiger partial charge on any atom is -0.341 e. The lowest BCUT2D eigenvalue weighted by atomic mass is 9.76. The number of hydrogen-bond acceptors (Lipinski definition) is 2. The summed E-state index contributed by atoms with van der Waals surface area (Å²) in [6.45, 7) is 6.40. The molecule has 1 saturated heterocycles. The molecular formula is C16H31ClN2O. The van der Waals surface area contributed by atoms with Crippen molar-refractivity contribution in [3.05, 3.63) is 0 Å². The van der Waals surface area contributed by atoms with Crippen LogP contribution in [0.4, 0.5) is 0 Å². The first-order valence-electron chi connectivity index (χ1n) is 8.07. The van der Waals surface area contributed by atoms with Crippen LogP contribution < -0.4 is 5.73 Å². The van der Waals surface area contributed by atoms with Gasteiger partial charge in [0.25, 0.3) is 0 Å². The zero-order valence-electron chi connectivity index (χ0n) is 13.1. The fourth-order valence-corrected chi connectivity index (χ4v) is 4.01. The average molecular weight is 303 g/mol. The van der Waals surface area contributed by atoms with Crippen molar-refractivity contribution >= 4 is 18.3 Å². The van der Waals surface area contributed by atoms with Gasteiger partial charge < -0.3 is 10.6 Å². The molecule has 4 heteroatoms. The van der Waals surface area contributed by atoms with E-state index in [0.29, 0.717) is 5.41 Å². The molecule has 2 rings (SSSR count). The van der Waals surface area contributed by atoms with Crippen molar-refractivity contribution in [3.63, 3.8) is 0 Å². The Morgan fingerprint density at radius 3 is 2.40 bits per heavy atom. The van der Waals surface area contributed by atoms with E-state index in [1.807, 2.05) is 0 Å². The number of amides is 1. The number of carbonyl (C=O) groups excluding carboxylic acids is 1. The van der Waals surface area contributed by atoms with Gasteiger partial charge in [-0.15, -0.1) is 12.4 Å². The van der Waals surface area contributed by atoms with Crippen LogP contribution >= 0.6 is 12.4 Å². The highest BCUT2D eigenvalue weighted by Gasteiger charge is 2.41. The first-order valence-corrected chi connectivity index (χ1v) is 8.07. The van der Waals surface area contributed by atoms with Gasteiger partial charge >= 0.3 is 0 Å². The number of hydrogen-bond donors (Lipinski definition) is 1. The van der Waals surface area contributed by atoms with E-state index in [0.717, 1.165) is 45.2 Å². The summed E-state index contributed by atoms with van der Waals surface area (Å²) in [5.74, 6) is 0.231. The zero-order chi connectivity index (χ0) is 13.9. The second-order valence-corrected chi connectivity index (χ2v) is 7.11. The lowest BCUT2D eigenvalue weighted by Gasteiger charge is -2.44. The maximum absolute atomic E-state index is 12.8. The van der Waals surface area contributed by atoms with Crippen LogP contribution in [0.2, 0.25) is 0 Å². The normalized spacial score (nSPS) is 29.6. The van der Waals surface area contributed by atoms with Crippen LogP contribution in [0, 0.1) is 5.41 Å². The standard InChI is InChI=1S/C16H30N2O.ClH/c1-3-8-15(2)9-7-12-18(13-15)14(19)16(17)10-5-4-6-11-16;/h3-13,17H2,1-2H3;1H. The van der Waals surface area contributed by atoms with Crippen LogP contribution in [0.25, 0.3) is 0 Å². The van der Waals surface area contributed by atoms with Gasteiger partial charge in [-0.3, -0.25) is 4.79 Å². The molecule has 0 bridgehead atoms. The summed E-state index contributed by atoms with van der Waals surface area (Å²) in [6.07, 6.45) is 10.0. The van der Waals surface area contributed by atoms with E-state index in [1.165, 1.54) is 25.7 Å². The molecule has 0 radical (unpaired) electrons. The Bertz CT molecular complexity index is 324. The number of piperidine rings is 1. The predicted molar refractivity (Wildman–Crippen MR) is 86.1 cm³/mol. The van der Waals surface area contributed by atoms with Gasteiger partial charge in [0.1, 0.15) is 0 Å². The third-order valence-corrected chi connectivity index (χ3v) is 5.09. The molecule has 0 aromatic carbocycles. The van der Waals surface area contributed by atoms with Gasteiger partial charge in [-0.05, 0) is 37.5 Å². The number of rotatable bonds is 3. The number of nitrogens with zero attached hydrogens (tertiary/aromatic N) is 1. The molecule has 0 spiro atoms. The topological polar surface area (TPSA) is 46.3 Å². The lowest BCUT2D eigenvalue weighted by Crippen LogP contribution is -2.59. The smallest absolute Gasteiger partial charge is 0.242 e. The van der Waals surface area contributed by atoms with Crippen LogP contribution in [0.1, 0.15) is 71.6 Å². The molecule has 118 valence electrons. The quantitative estimate of drug-likeness (QED) is 0.867. The predicted octanol–water partition coefficient (Wildman–Crippen LogP) is 3.50. The van der Waals surface area contributed by atoms with Crippen molar-refractivity contribution in [1.29, 1.82) is 0 Å². The molecule has 3 nitrogen and oxygen atoms in total. The maximum Gasteiger partial charge on any atom is 0.242 e. The highest BCUT2D eigenvalue weighted by molar-refractivity contribution is 5.86. The Kier molecular flexibility index (Phi) is 6.33. The third-order valence-electron chi connectivity index (χ3n) is 5.09. The molecule has 2 N–H and O–H groups in total. The van der Waals surface area contributed by atoms with Crippen molar-refractivity contribution in [2.45, 2.75) is 77.2 Å². The highest BCUT2D eigenvalue weighted by atomic mass is 35.5. The molecule has 1 aliphatic heterocycles. The molecular weight excluding hydrogens is 272 g/mol. The molecule has 2 aliphatic rings. The molecule has 1 aliphatic carbocycles. The van der Waals surface area contributed by atoms with Gasteiger partial charge in [0.15, 0.2) is 0 Å². The summed E-state index contributed by atoms with van der Waals surface area (Å²) >= 11 is 0. The summed E-state index contributed by atoms with van der Waals surface area (Å²) in [5.41, 5.74) is 6.17. The van der Waals surface area contributed by atoms with E-state index >= 15 is 0 Å². The first kappa shape index (κ1) is 17.8. The molecule has 1 atom stereocenters. The van der Waals surface area contributed by atoms with Crippen molar-refractivity contribution in [2.24, 2.45) is 11.1 Å². The number of likely N-dealkylation sites (tertiary alicyclic amines) is 1. The minimum atomic E-state index is -0.553. The minimum absolute atomic E-state index is 0. The van der Waals surface area contributed by atoms with Gasteiger partial charge in [-0.2, -0.15) is 0 Å². The van der Waals surface area contributed by atoms with E-state index < -0.39 is 5.54 Å². The number of nitrogens with two attached hydrogens (primary N) is 1. The van der Waals surface area contributed by atoms with Gasteiger partial charge in [0.05, 0.1) is 5.54 Å². The number of halogens is 1. The Balaban J connectivity index is 0.00000200. The van der Waals surface area contributed by atoms with Crippen LogP contribution in [-0.2, 0) is 4.79 Å². The Morgan fingerprint density at radius 1 is 1.15 bits per heavy atom. The molecule has 1 heterocycles. The summed E-state index contributed by atoms with van der Waals surface area (Å²) in [4.78, 5) is 14.8. The third kappa shape index (κ3) is 3.88. The molecule has 1 amide bonds. The Hall–Kier alpha value is -0.280. The fourth-order valence-electron chi connectivity index (χ4n) is 4.01. The molecule has 2 fully saturated rings. The van der Waals surface area contributed by atoms with Gasteiger partial charge in [-0.1, -0.05) is 39.5 Å². The molecule has 1 saturated carbocycles. The Morgan fingerprint density at radius 2 is 1.80 bits per heavy atom. The van der Waals surface area contributed by atoms with Crippen molar-refractivity contribution in [3.8, 4) is 0 Å². The van der Waals surface area contributed by atoms with E-state index in [1.54, 1.807) is 0 Å². The molecule has 1 unspecified atom stereocenters. The summed E-state index contributed by atoms with van der Waals surface area (Å²) in [6, 6.07) is 0. The largest absolute Gasteiger partial charge is 0.341 e. The van der Waals surface area contributed by atoms with E-state index in [-0.39, 0.29) is 18.3 Å². The SMILES string of the molecule is CCCC1(C)CCCN(C(=O)C2(N)CCCCC2)C1.Cl. The van der Waals surface area contributed by atoms with Gasteiger partial charge in [0.2, 0.25) is 5.91 Å². The second-order valence-electron chi connectivity index (χ2n) is 7.11. The van der Waals surface area contributed by atoms with Crippen molar-refractivity contribution in [2.75, 3.05) is 13.1 Å². The van der Waals surface area contributed by atoms with Gasteiger partial charge in [-0.25, -0.2) is 0 Å². The Labute approximate surface area is 130 Å². The summed E-state index contributed by atoms with van der Waals surface area (Å²) in [7, 11) is 0. The second kappa shape index (κ2) is 7.13. The molecule has 20 heavy (non-hydrogen) atoms. The summed E-state index contributed by atoms with van der Waals surface area (Å²) < 4.78 is 0. The van der Waals surface area contributed by atoms with Gasteiger partial charge in [0, 0.05) is 13.1 Å². The van der Waals surface area contributed by atoms with Crippen LogP contribution in [0.15, 0.2) is 0 Å². The average Bonchev–Trinajstić information content (AvgIpc) is 2.38. The molecule has 0 aromatic rings.